The van der Waals surface area contributed by atoms with Gasteiger partial charge >= 0.3 is 0 Å². The molecule has 2 aromatic rings. The van der Waals surface area contributed by atoms with Crippen molar-refractivity contribution in [3.05, 3.63) is 49.8 Å². The molecule has 6 heteroatoms. The van der Waals surface area contributed by atoms with Gasteiger partial charge in [-0.2, -0.15) is 0 Å². The molecule has 1 amide bonds. The standard InChI is InChI=1S/C13H12BrClN2OS/c1-2-10(13-16-6-7-19-13)17-12(18)8-4-3-5-9(14)11(8)15/h3-7,10H,2H2,1H3,(H,17,18). The van der Waals surface area contributed by atoms with E-state index in [1.165, 1.54) is 11.3 Å². The van der Waals surface area contributed by atoms with Crippen LogP contribution in [0.1, 0.15) is 34.8 Å². The number of benzene rings is 1. The highest BCUT2D eigenvalue weighted by Crippen LogP contribution is 2.27. The fourth-order valence-corrected chi connectivity index (χ4v) is 3.01. The average Bonchev–Trinajstić information content (AvgIpc) is 2.92. The maximum Gasteiger partial charge on any atom is 0.253 e. The largest absolute Gasteiger partial charge is 0.343 e. The molecule has 1 aromatic heterocycles. The molecule has 0 aliphatic rings. The van der Waals surface area contributed by atoms with Crippen LogP contribution >= 0.6 is 38.9 Å². The van der Waals surface area contributed by atoms with Crippen LogP contribution in [0.3, 0.4) is 0 Å². The molecule has 1 aromatic carbocycles. The summed E-state index contributed by atoms with van der Waals surface area (Å²) in [5.41, 5.74) is 0.464. The molecule has 3 nitrogen and oxygen atoms in total. The molecule has 0 fully saturated rings. The lowest BCUT2D eigenvalue weighted by Crippen LogP contribution is -2.28. The third kappa shape index (κ3) is 3.35. The molecule has 0 bridgehead atoms. The number of nitrogens with one attached hydrogen (secondary N) is 1. The van der Waals surface area contributed by atoms with Crippen LogP contribution < -0.4 is 5.32 Å². The van der Waals surface area contributed by atoms with E-state index < -0.39 is 0 Å². The summed E-state index contributed by atoms with van der Waals surface area (Å²) in [5.74, 6) is -0.187. The third-order valence-electron chi connectivity index (χ3n) is 2.66. The second-order valence-corrected chi connectivity index (χ2v) is 6.06. The van der Waals surface area contributed by atoms with E-state index in [1.54, 1.807) is 24.4 Å². The Bertz CT molecular complexity index is 574. The fourth-order valence-electron chi connectivity index (χ4n) is 1.66. The molecule has 0 aliphatic heterocycles. The first-order chi connectivity index (χ1) is 9.13. The van der Waals surface area contributed by atoms with Crippen LogP contribution in [0.5, 0.6) is 0 Å². The molecule has 0 radical (unpaired) electrons. The number of hydrogen-bond acceptors (Lipinski definition) is 3. The van der Waals surface area contributed by atoms with Crippen molar-refractivity contribution in [3.63, 3.8) is 0 Å². The van der Waals surface area contributed by atoms with Crippen molar-refractivity contribution in [2.45, 2.75) is 19.4 Å². The molecule has 2 rings (SSSR count). The van der Waals surface area contributed by atoms with Gasteiger partial charge in [-0.3, -0.25) is 4.79 Å². The van der Waals surface area contributed by atoms with Crippen LogP contribution in [0, 0.1) is 0 Å². The quantitative estimate of drug-likeness (QED) is 0.877. The highest BCUT2D eigenvalue weighted by atomic mass is 79.9. The zero-order valence-corrected chi connectivity index (χ0v) is 13.3. The van der Waals surface area contributed by atoms with E-state index in [4.69, 9.17) is 11.6 Å². The summed E-state index contributed by atoms with van der Waals surface area (Å²) in [5, 5.41) is 6.19. The summed E-state index contributed by atoms with van der Waals surface area (Å²) in [6.07, 6.45) is 2.52. The van der Waals surface area contributed by atoms with E-state index in [-0.39, 0.29) is 11.9 Å². The molecule has 1 N–H and O–H groups in total. The lowest BCUT2D eigenvalue weighted by molar-refractivity contribution is 0.0935. The number of amides is 1. The molecule has 0 saturated heterocycles. The summed E-state index contributed by atoms with van der Waals surface area (Å²) >= 11 is 11.0. The van der Waals surface area contributed by atoms with Crippen molar-refractivity contribution >= 4 is 44.8 Å². The zero-order chi connectivity index (χ0) is 13.8. The minimum Gasteiger partial charge on any atom is -0.343 e. The molecule has 0 spiro atoms. The molecule has 0 saturated carbocycles. The SMILES string of the molecule is CCC(NC(=O)c1cccc(Br)c1Cl)c1nccs1. The van der Waals surface area contributed by atoms with Crippen molar-refractivity contribution in [1.82, 2.24) is 10.3 Å². The van der Waals surface area contributed by atoms with Gasteiger partial charge in [0.1, 0.15) is 5.01 Å². The normalized spacial score (nSPS) is 12.2. The lowest BCUT2D eigenvalue weighted by Gasteiger charge is -2.15. The lowest BCUT2D eigenvalue weighted by atomic mass is 10.1. The monoisotopic (exact) mass is 358 g/mol. The number of halogens is 2. The van der Waals surface area contributed by atoms with Gasteiger partial charge in [-0.1, -0.05) is 24.6 Å². The van der Waals surface area contributed by atoms with Crippen LogP contribution in [-0.4, -0.2) is 10.9 Å². The smallest absolute Gasteiger partial charge is 0.253 e. The summed E-state index contributed by atoms with van der Waals surface area (Å²) < 4.78 is 0.712. The fraction of sp³-hybridized carbons (Fsp3) is 0.231. The number of hydrogen-bond donors (Lipinski definition) is 1. The second-order valence-electron chi connectivity index (χ2n) is 3.91. The second kappa shape index (κ2) is 6.50. The highest BCUT2D eigenvalue weighted by Gasteiger charge is 2.18. The minimum absolute atomic E-state index is 0.0810. The van der Waals surface area contributed by atoms with Gasteiger partial charge in [0, 0.05) is 16.0 Å². The number of thiazole rings is 1. The maximum atomic E-state index is 12.2. The first-order valence-corrected chi connectivity index (χ1v) is 7.82. The Kier molecular flexibility index (Phi) is 4.96. The van der Waals surface area contributed by atoms with Gasteiger partial charge in [-0.25, -0.2) is 4.98 Å². The number of aromatic nitrogens is 1. The molecule has 1 unspecified atom stereocenters. The van der Waals surface area contributed by atoms with Crippen LogP contribution in [0.4, 0.5) is 0 Å². The van der Waals surface area contributed by atoms with Crippen molar-refractivity contribution in [3.8, 4) is 0 Å². The van der Waals surface area contributed by atoms with Crippen LogP contribution in [0.2, 0.25) is 5.02 Å². The first kappa shape index (κ1) is 14.5. The van der Waals surface area contributed by atoms with E-state index in [9.17, 15) is 4.79 Å². The zero-order valence-electron chi connectivity index (χ0n) is 10.2. The first-order valence-electron chi connectivity index (χ1n) is 5.77. The van der Waals surface area contributed by atoms with Crippen molar-refractivity contribution in [1.29, 1.82) is 0 Å². The van der Waals surface area contributed by atoms with E-state index >= 15 is 0 Å². The summed E-state index contributed by atoms with van der Waals surface area (Å²) in [4.78, 5) is 16.5. The molecular weight excluding hydrogens is 348 g/mol. The predicted molar refractivity (Wildman–Crippen MR) is 81.8 cm³/mol. The van der Waals surface area contributed by atoms with Crippen LogP contribution in [-0.2, 0) is 0 Å². The number of rotatable bonds is 4. The Hall–Kier alpha value is -0.910. The minimum atomic E-state index is -0.187. The van der Waals surface area contributed by atoms with E-state index in [0.717, 1.165) is 11.4 Å². The van der Waals surface area contributed by atoms with E-state index in [2.05, 4.69) is 26.2 Å². The van der Waals surface area contributed by atoms with Gasteiger partial charge in [0.15, 0.2) is 0 Å². The Labute approximate surface area is 129 Å². The number of carbonyl (C=O) groups is 1. The van der Waals surface area contributed by atoms with Gasteiger partial charge in [-0.15, -0.1) is 11.3 Å². The van der Waals surface area contributed by atoms with Crippen LogP contribution in [0.25, 0.3) is 0 Å². The highest BCUT2D eigenvalue weighted by molar-refractivity contribution is 9.10. The molecule has 1 atom stereocenters. The Morgan fingerprint density at radius 2 is 2.37 bits per heavy atom. The summed E-state index contributed by atoms with van der Waals surface area (Å²) in [7, 11) is 0. The van der Waals surface area contributed by atoms with Gasteiger partial charge in [0.25, 0.3) is 5.91 Å². The molecule has 1 heterocycles. The molecule has 0 aliphatic carbocycles. The predicted octanol–water partition coefficient (Wildman–Crippen LogP) is 4.44. The van der Waals surface area contributed by atoms with Crippen molar-refractivity contribution in [2.75, 3.05) is 0 Å². The van der Waals surface area contributed by atoms with Gasteiger partial charge in [-0.05, 0) is 34.5 Å². The van der Waals surface area contributed by atoms with Gasteiger partial charge in [0.05, 0.1) is 16.6 Å². The van der Waals surface area contributed by atoms with Crippen molar-refractivity contribution in [2.24, 2.45) is 0 Å². The summed E-state index contributed by atoms with van der Waals surface area (Å²) in [6, 6.07) is 5.21. The summed E-state index contributed by atoms with van der Waals surface area (Å²) in [6.45, 7) is 2.01. The van der Waals surface area contributed by atoms with Gasteiger partial charge < -0.3 is 5.32 Å². The topological polar surface area (TPSA) is 42.0 Å². The average molecular weight is 360 g/mol. The Morgan fingerprint density at radius 3 is 3.00 bits per heavy atom. The molecule has 19 heavy (non-hydrogen) atoms. The van der Waals surface area contributed by atoms with E-state index in [1.807, 2.05) is 12.3 Å². The Morgan fingerprint density at radius 1 is 1.58 bits per heavy atom. The molecular formula is C13H12BrClN2OS. The number of nitrogens with zero attached hydrogens (tertiary/aromatic N) is 1. The van der Waals surface area contributed by atoms with E-state index in [0.29, 0.717) is 15.1 Å². The number of carbonyl (C=O) groups excluding carboxylic acids is 1. The van der Waals surface area contributed by atoms with Crippen molar-refractivity contribution < 1.29 is 4.79 Å². The van der Waals surface area contributed by atoms with Crippen LogP contribution in [0.15, 0.2) is 34.2 Å². The third-order valence-corrected chi connectivity index (χ3v) is 4.84. The Balaban J connectivity index is 2.18. The molecule has 100 valence electrons. The van der Waals surface area contributed by atoms with Gasteiger partial charge in [0.2, 0.25) is 0 Å². The maximum absolute atomic E-state index is 12.2.